The van der Waals surface area contributed by atoms with Crippen molar-refractivity contribution in [2.24, 2.45) is 17.6 Å². The lowest BCUT2D eigenvalue weighted by Crippen LogP contribution is -2.50. The number of nitrogens with one attached hydrogen (secondary N) is 2. The summed E-state index contributed by atoms with van der Waals surface area (Å²) >= 11 is 0. The van der Waals surface area contributed by atoms with Gasteiger partial charge >= 0.3 is 0 Å². The van der Waals surface area contributed by atoms with E-state index in [2.05, 4.69) is 10.6 Å². The summed E-state index contributed by atoms with van der Waals surface area (Å²) in [6.07, 6.45) is 0.438. The molecule has 0 heterocycles. The molecule has 0 bridgehead atoms. The van der Waals surface area contributed by atoms with Crippen LogP contribution in [0.3, 0.4) is 0 Å². The highest BCUT2D eigenvalue weighted by Gasteiger charge is 2.23. The summed E-state index contributed by atoms with van der Waals surface area (Å²) in [7, 11) is 0. The summed E-state index contributed by atoms with van der Waals surface area (Å²) in [6, 6.07) is -0.479. The first-order valence-corrected chi connectivity index (χ1v) is 6.15. The quantitative estimate of drug-likeness (QED) is 0.599. The molecule has 0 aliphatic rings. The summed E-state index contributed by atoms with van der Waals surface area (Å²) in [5, 5.41) is 5.46. The predicted octanol–water partition coefficient (Wildman–Crippen LogP) is 0.248. The summed E-state index contributed by atoms with van der Waals surface area (Å²) in [4.78, 5) is 23.4. The van der Waals surface area contributed by atoms with Crippen molar-refractivity contribution in [3.8, 4) is 0 Å². The topological polar surface area (TPSA) is 84.2 Å². The van der Waals surface area contributed by atoms with Crippen LogP contribution >= 0.6 is 0 Å². The van der Waals surface area contributed by atoms with Gasteiger partial charge in [-0.05, 0) is 11.8 Å². The summed E-state index contributed by atoms with van der Waals surface area (Å²) in [5.74, 6) is 0.1000. The molecule has 0 aromatic rings. The molecule has 0 aromatic heterocycles. The molecule has 0 aliphatic carbocycles. The number of hydrogen-bond donors (Lipinski definition) is 3. The van der Waals surface area contributed by atoms with Gasteiger partial charge in [0.1, 0.15) is 6.04 Å². The largest absolute Gasteiger partial charge is 0.353 e. The molecule has 0 aromatic carbocycles. The highest BCUT2D eigenvalue weighted by molar-refractivity contribution is 5.87. The van der Waals surface area contributed by atoms with Crippen LogP contribution in [-0.2, 0) is 9.59 Å². The van der Waals surface area contributed by atoms with Gasteiger partial charge in [0.15, 0.2) is 0 Å². The van der Waals surface area contributed by atoms with Gasteiger partial charge in [-0.2, -0.15) is 0 Å². The lowest BCUT2D eigenvalue weighted by atomic mass is 10.0. The Kier molecular flexibility index (Phi) is 7.54. The third-order valence-corrected chi connectivity index (χ3v) is 2.30. The van der Waals surface area contributed by atoms with E-state index in [1.54, 1.807) is 0 Å². The van der Waals surface area contributed by atoms with E-state index in [0.717, 1.165) is 0 Å². The van der Waals surface area contributed by atoms with Gasteiger partial charge in [0.05, 0.1) is 0 Å². The van der Waals surface area contributed by atoms with Gasteiger partial charge in [-0.15, -0.1) is 0 Å². The maximum atomic E-state index is 11.8. The van der Waals surface area contributed by atoms with Crippen molar-refractivity contribution in [1.29, 1.82) is 0 Å². The van der Waals surface area contributed by atoms with E-state index >= 15 is 0 Å². The van der Waals surface area contributed by atoms with Crippen LogP contribution in [0.4, 0.5) is 0 Å². The molecule has 1 atom stereocenters. The molecule has 0 aliphatic heterocycles. The van der Waals surface area contributed by atoms with Crippen LogP contribution in [0, 0.1) is 11.8 Å². The van der Waals surface area contributed by atoms with Gasteiger partial charge in [-0.25, -0.2) is 0 Å². The monoisotopic (exact) mass is 243 g/mol. The average Bonchev–Trinajstić information content (AvgIpc) is 2.21. The van der Waals surface area contributed by atoms with Crippen LogP contribution in [0.1, 0.15) is 34.1 Å². The third kappa shape index (κ3) is 6.94. The van der Waals surface area contributed by atoms with E-state index in [0.29, 0.717) is 19.5 Å². The van der Waals surface area contributed by atoms with Gasteiger partial charge < -0.3 is 16.4 Å². The van der Waals surface area contributed by atoms with Crippen molar-refractivity contribution >= 4 is 11.8 Å². The van der Waals surface area contributed by atoms with Crippen molar-refractivity contribution in [1.82, 2.24) is 10.6 Å². The van der Waals surface area contributed by atoms with E-state index in [-0.39, 0.29) is 23.7 Å². The second-order valence-corrected chi connectivity index (χ2v) is 4.97. The summed E-state index contributed by atoms with van der Waals surface area (Å²) in [6.45, 7) is 8.58. The van der Waals surface area contributed by atoms with Crippen LogP contribution in [0.2, 0.25) is 0 Å². The molecule has 2 amide bonds. The van der Waals surface area contributed by atoms with Crippen LogP contribution in [0.5, 0.6) is 0 Å². The van der Waals surface area contributed by atoms with Crippen LogP contribution in [0.15, 0.2) is 0 Å². The van der Waals surface area contributed by atoms with Gasteiger partial charge in [-0.3, -0.25) is 9.59 Å². The van der Waals surface area contributed by atoms with E-state index in [1.807, 2.05) is 27.7 Å². The van der Waals surface area contributed by atoms with E-state index in [4.69, 9.17) is 5.73 Å². The molecule has 0 saturated heterocycles. The van der Waals surface area contributed by atoms with Gasteiger partial charge in [0.2, 0.25) is 11.8 Å². The molecule has 4 N–H and O–H groups in total. The number of nitrogens with two attached hydrogens (primary N) is 1. The minimum atomic E-state index is -0.479. The lowest BCUT2D eigenvalue weighted by molar-refractivity contribution is -0.130. The third-order valence-electron chi connectivity index (χ3n) is 2.30. The fraction of sp³-hybridized carbons (Fsp3) is 0.833. The average molecular weight is 243 g/mol. The van der Waals surface area contributed by atoms with Crippen molar-refractivity contribution < 1.29 is 9.59 Å². The standard InChI is InChI=1S/C12H25N3O2/c1-8(2)7-10(16)15-11(9(3)4)12(17)14-6-5-13/h8-9,11H,5-7,13H2,1-4H3,(H,14,17)(H,15,16). The number of carbonyl (C=O) groups excluding carboxylic acids is 2. The fourth-order valence-corrected chi connectivity index (χ4v) is 1.44. The summed E-state index contributed by atoms with van der Waals surface area (Å²) in [5.41, 5.74) is 5.32. The molecule has 17 heavy (non-hydrogen) atoms. The maximum Gasteiger partial charge on any atom is 0.242 e. The second-order valence-electron chi connectivity index (χ2n) is 4.97. The zero-order valence-corrected chi connectivity index (χ0v) is 11.2. The second kappa shape index (κ2) is 8.06. The first-order chi connectivity index (χ1) is 7.88. The Bertz CT molecular complexity index is 252. The zero-order valence-electron chi connectivity index (χ0n) is 11.2. The van der Waals surface area contributed by atoms with Crippen molar-refractivity contribution in [2.75, 3.05) is 13.1 Å². The molecule has 1 unspecified atom stereocenters. The Labute approximate surface area is 104 Å². The molecular formula is C12H25N3O2. The smallest absolute Gasteiger partial charge is 0.242 e. The fourth-order valence-electron chi connectivity index (χ4n) is 1.44. The van der Waals surface area contributed by atoms with Crippen molar-refractivity contribution in [3.05, 3.63) is 0 Å². The molecule has 0 fully saturated rings. The first kappa shape index (κ1) is 15.9. The summed E-state index contributed by atoms with van der Waals surface area (Å²) < 4.78 is 0. The minimum absolute atomic E-state index is 0.0592. The van der Waals surface area contributed by atoms with Crippen LogP contribution in [0.25, 0.3) is 0 Å². The Balaban J connectivity index is 4.33. The number of rotatable bonds is 7. The van der Waals surface area contributed by atoms with Crippen molar-refractivity contribution in [2.45, 2.75) is 40.2 Å². The molecule has 0 saturated carbocycles. The minimum Gasteiger partial charge on any atom is -0.353 e. The van der Waals surface area contributed by atoms with Gasteiger partial charge in [0, 0.05) is 19.5 Å². The van der Waals surface area contributed by atoms with Gasteiger partial charge in [0.25, 0.3) is 0 Å². The van der Waals surface area contributed by atoms with Gasteiger partial charge in [-0.1, -0.05) is 27.7 Å². The number of amides is 2. The molecular weight excluding hydrogens is 218 g/mol. The van der Waals surface area contributed by atoms with Crippen molar-refractivity contribution in [3.63, 3.8) is 0 Å². The van der Waals surface area contributed by atoms with E-state index < -0.39 is 6.04 Å². The molecule has 0 radical (unpaired) electrons. The van der Waals surface area contributed by atoms with Crippen LogP contribution in [-0.4, -0.2) is 30.9 Å². The van der Waals surface area contributed by atoms with E-state index in [9.17, 15) is 9.59 Å². The highest BCUT2D eigenvalue weighted by Crippen LogP contribution is 2.04. The SMILES string of the molecule is CC(C)CC(=O)NC(C(=O)NCCN)C(C)C. The molecule has 100 valence electrons. The van der Waals surface area contributed by atoms with Crippen LogP contribution < -0.4 is 16.4 Å². The Morgan fingerprint density at radius 1 is 1.18 bits per heavy atom. The maximum absolute atomic E-state index is 11.8. The Hall–Kier alpha value is -1.10. The number of hydrogen-bond acceptors (Lipinski definition) is 3. The van der Waals surface area contributed by atoms with E-state index in [1.165, 1.54) is 0 Å². The normalized spacial score (nSPS) is 12.6. The molecule has 5 heteroatoms. The lowest BCUT2D eigenvalue weighted by Gasteiger charge is -2.22. The number of carbonyl (C=O) groups is 2. The Morgan fingerprint density at radius 2 is 1.76 bits per heavy atom. The molecule has 0 spiro atoms. The molecule has 5 nitrogen and oxygen atoms in total. The Morgan fingerprint density at radius 3 is 2.18 bits per heavy atom. The molecule has 0 rings (SSSR count). The first-order valence-electron chi connectivity index (χ1n) is 6.15. The highest BCUT2D eigenvalue weighted by atomic mass is 16.2. The zero-order chi connectivity index (χ0) is 13.4. The predicted molar refractivity (Wildman–Crippen MR) is 68.3 cm³/mol.